The molecule has 3 aromatic rings. The van der Waals surface area contributed by atoms with Crippen molar-refractivity contribution in [3.63, 3.8) is 0 Å². The van der Waals surface area contributed by atoms with Gasteiger partial charge in [0.25, 0.3) is 0 Å². The van der Waals surface area contributed by atoms with Gasteiger partial charge in [0.2, 0.25) is 0 Å². The number of hydrogen-bond donors (Lipinski definition) is 0. The number of fused-ring (bicyclic) bond motifs is 1. The van der Waals surface area contributed by atoms with Gasteiger partial charge in [0.05, 0.1) is 35.9 Å². The van der Waals surface area contributed by atoms with Crippen LogP contribution in [0.4, 0.5) is 0 Å². The maximum atomic E-state index is 12.9. The smallest absolute Gasteiger partial charge is 0.305 e. The van der Waals surface area contributed by atoms with Gasteiger partial charge in [-0.1, -0.05) is 0 Å². The van der Waals surface area contributed by atoms with E-state index in [1.54, 1.807) is 43.1 Å². The van der Waals surface area contributed by atoms with E-state index in [0.717, 1.165) is 16.6 Å². The van der Waals surface area contributed by atoms with Crippen molar-refractivity contribution in [2.75, 3.05) is 13.2 Å². The maximum Gasteiger partial charge on any atom is 0.361 e. The zero-order chi connectivity index (χ0) is 16.3. The Morgan fingerprint density at radius 2 is 1.96 bits per heavy atom. The summed E-state index contributed by atoms with van der Waals surface area (Å²) in [5.74, 6) is 0. The average molecular weight is 331 g/mol. The van der Waals surface area contributed by atoms with E-state index in [1.807, 2.05) is 24.4 Å². The Balaban J connectivity index is 2.04. The minimum Gasteiger partial charge on any atom is -0.305 e. The molecule has 0 amide bonds. The lowest BCUT2D eigenvalue weighted by atomic mass is 10.3. The van der Waals surface area contributed by atoms with Crippen LogP contribution in [0.2, 0.25) is 0 Å². The molecule has 0 atom stereocenters. The van der Waals surface area contributed by atoms with E-state index in [0.29, 0.717) is 18.5 Å². The van der Waals surface area contributed by atoms with Crippen LogP contribution in [0, 0.1) is 0 Å². The van der Waals surface area contributed by atoms with E-state index >= 15 is 0 Å². The van der Waals surface area contributed by atoms with Crippen LogP contribution in [0.25, 0.3) is 16.6 Å². The second kappa shape index (κ2) is 6.62. The number of benzene rings is 1. The van der Waals surface area contributed by atoms with Crippen molar-refractivity contribution >= 4 is 23.8 Å². The van der Waals surface area contributed by atoms with Crippen LogP contribution in [0.1, 0.15) is 13.8 Å². The molecule has 0 aliphatic carbocycles. The normalized spacial score (nSPS) is 11.9. The fourth-order valence-corrected chi connectivity index (χ4v) is 3.94. The van der Waals surface area contributed by atoms with E-state index in [2.05, 4.69) is 10.1 Å². The van der Waals surface area contributed by atoms with Gasteiger partial charge >= 0.3 is 7.60 Å². The van der Waals surface area contributed by atoms with Gasteiger partial charge in [0.15, 0.2) is 0 Å². The molecule has 0 aliphatic heterocycles. The summed E-state index contributed by atoms with van der Waals surface area (Å²) >= 11 is 0. The van der Waals surface area contributed by atoms with Gasteiger partial charge in [-0.3, -0.25) is 9.55 Å². The molecule has 0 fully saturated rings. The van der Waals surface area contributed by atoms with Crippen LogP contribution in [0.15, 0.2) is 48.9 Å². The molecule has 2 aromatic heterocycles. The summed E-state index contributed by atoms with van der Waals surface area (Å²) in [7, 11) is -3.29. The molecular formula is C16H18N3O3P. The van der Waals surface area contributed by atoms with Gasteiger partial charge in [0, 0.05) is 17.8 Å². The number of nitrogens with zero attached hydrogens (tertiary/aromatic N) is 3. The molecular weight excluding hydrogens is 313 g/mol. The fraction of sp³-hybridized carbons (Fsp3) is 0.250. The highest BCUT2D eigenvalue weighted by Crippen LogP contribution is 2.47. The summed E-state index contributed by atoms with van der Waals surface area (Å²) in [5.41, 5.74) is 1.67. The monoisotopic (exact) mass is 331 g/mol. The molecule has 0 unspecified atom stereocenters. The van der Waals surface area contributed by atoms with Crippen molar-refractivity contribution in [3.05, 3.63) is 48.9 Å². The molecule has 0 saturated carbocycles. The molecule has 7 heteroatoms. The largest absolute Gasteiger partial charge is 0.361 e. The molecule has 0 radical (unpaired) electrons. The molecule has 1 aromatic carbocycles. The lowest BCUT2D eigenvalue weighted by Crippen LogP contribution is -2.10. The maximum absolute atomic E-state index is 12.9. The van der Waals surface area contributed by atoms with E-state index < -0.39 is 7.60 Å². The number of pyridine rings is 1. The molecule has 0 spiro atoms. The summed E-state index contributed by atoms with van der Waals surface area (Å²) in [6.07, 6.45) is 5.32. The Morgan fingerprint density at radius 3 is 2.61 bits per heavy atom. The molecule has 6 nitrogen and oxygen atoms in total. The van der Waals surface area contributed by atoms with E-state index in [-0.39, 0.29) is 0 Å². The van der Waals surface area contributed by atoms with Gasteiger partial charge in [-0.05, 0) is 44.2 Å². The zero-order valence-electron chi connectivity index (χ0n) is 13.0. The third-order valence-electron chi connectivity index (χ3n) is 3.31. The van der Waals surface area contributed by atoms with Crippen molar-refractivity contribution in [2.24, 2.45) is 0 Å². The first-order valence-corrected chi connectivity index (χ1v) is 9.00. The van der Waals surface area contributed by atoms with E-state index in [9.17, 15) is 4.57 Å². The minimum atomic E-state index is -3.29. The second-order valence-corrected chi connectivity index (χ2v) is 6.89. The first-order valence-electron chi connectivity index (χ1n) is 7.46. The van der Waals surface area contributed by atoms with Gasteiger partial charge in [-0.25, -0.2) is 4.68 Å². The molecule has 23 heavy (non-hydrogen) atoms. The number of hydrogen-bond acceptors (Lipinski definition) is 5. The topological polar surface area (TPSA) is 66.2 Å². The van der Waals surface area contributed by atoms with Crippen molar-refractivity contribution < 1.29 is 13.6 Å². The van der Waals surface area contributed by atoms with Crippen LogP contribution in [-0.2, 0) is 13.6 Å². The third-order valence-corrected chi connectivity index (χ3v) is 5.42. The van der Waals surface area contributed by atoms with E-state index in [4.69, 9.17) is 9.05 Å². The SMILES string of the molecule is CCOP(=O)(OCC)c1ccc2nn(-c3cccnc3)cc2c1. The number of rotatable bonds is 6. The highest BCUT2D eigenvalue weighted by Gasteiger charge is 2.27. The predicted octanol–water partition coefficient (Wildman–Crippen LogP) is 3.31. The quantitative estimate of drug-likeness (QED) is 0.648. The summed E-state index contributed by atoms with van der Waals surface area (Å²) in [5, 5.41) is 5.91. The van der Waals surface area contributed by atoms with Crippen LogP contribution < -0.4 is 5.30 Å². The van der Waals surface area contributed by atoms with Crippen LogP contribution in [0.5, 0.6) is 0 Å². The van der Waals surface area contributed by atoms with Crippen molar-refractivity contribution in [1.29, 1.82) is 0 Å². The van der Waals surface area contributed by atoms with Crippen molar-refractivity contribution in [1.82, 2.24) is 14.8 Å². The van der Waals surface area contributed by atoms with Gasteiger partial charge in [-0.2, -0.15) is 5.10 Å². The molecule has 0 saturated heterocycles. The van der Waals surface area contributed by atoms with Gasteiger partial charge < -0.3 is 9.05 Å². The van der Waals surface area contributed by atoms with Gasteiger partial charge in [-0.15, -0.1) is 0 Å². The Kier molecular flexibility index (Phi) is 4.57. The summed E-state index contributed by atoms with van der Waals surface area (Å²) < 4.78 is 25.4. The standard InChI is InChI=1S/C16H18N3O3P/c1-3-21-23(20,22-4-2)15-7-8-16-13(10-15)12-19(18-16)14-6-5-9-17-11-14/h5-12H,3-4H2,1-2H3. The first kappa shape index (κ1) is 15.9. The molecule has 3 rings (SSSR count). The average Bonchev–Trinajstić information content (AvgIpc) is 2.99. The second-order valence-electron chi connectivity index (χ2n) is 4.86. The Bertz CT molecular complexity index is 838. The molecule has 0 aliphatic rings. The third kappa shape index (κ3) is 3.20. The first-order chi connectivity index (χ1) is 11.2. The van der Waals surface area contributed by atoms with E-state index in [1.165, 1.54) is 0 Å². The van der Waals surface area contributed by atoms with Crippen molar-refractivity contribution in [2.45, 2.75) is 13.8 Å². The molecule has 0 bridgehead atoms. The molecule has 120 valence electrons. The number of aromatic nitrogens is 3. The fourth-order valence-electron chi connectivity index (χ4n) is 2.33. The van der Waals surface area contributed by atoms with Crippen molar-refractivity contribution in [3.8, 4) is 5.69 Å². The minimum absolute atomic E-state index is 0.324. The van der Waals surface area contributed by atoms with Gasteiger partial charge in [0.1, 0.15) is 0 Å². The zero-order valence-corrected chi connectivity index (χ0v) is 13.9. The lowest BCUT2D eigenvalue weighted by Gasteiger charge is -2.16. The predicted molar refractivity (Wildman–Crippen MR) is 89.4 cm³/mol. The molecule has 0 N–H and O–H groups in total. The summed E-state index contributed by atoms with van der Waals surface area (Å²) in [4.78, 5) is 4.09. The van der Waals surface area contributed by atoms with Crippen LogP contribution in [-0.4, -0.2) is 28.0 Å². The van der Waals surface area contributed by atoms with Crippen LogP contribution >= 0.6 is 7.60 Å². The Morgan fingerprint density at radius 1 is 1.17 bits per heavy atom. The highest BCUT2D eigenvalue weighted by molar-refractivity contribution is 7.62. The summed E-state index contributed by atoms with van der Waals surface area (Å²) in [6, 6.07) is 9.15. The Hall–Kier alpha value is -2.01. The lowest BCUT2D eigenvalue weighted by molar-refractivity contribution is 0.230. The Labute approximate surface area is 134 Å². The highest BCUT2D eigenvalue weighted by atomic mass is 31.2. The van der Waals surface area contributed by atoms with Crippen LogP contribution in [0.3, 0.4) is 0 Å². The summed E-state index contributed by atoms with van der Waals surface area (Å²) in [6.45, 7) is 4.24. The molecule has 2 heterocycles.